The highest BCUT2D eigenvalue weighted by Gasteiger charge is 2.28. The van der Waals surface area contributed by atoms with E-state index in [0.29, 0.717) is 0 Å². The highest BCUT2D eigenvalue weighted by atomic mass is 15.4. The third kappa shape index (κ3) is 3.71. The molecular weight excluding hydrogens is 338 g/mol. The molecule has 3 aliphatic heterocycles. The number of nitrogens with zero attached hydrogens (tertiary/aromatic N) is 7. The topological polar surface area (TPSA) is 51.6 Å². The monoisotopic (exact) mass is 371 g/mol. The molecule has 4 fully saturated rings. The third-order valence-electron chi connectivity index (χ3n) is 6.82. The van der Waals surface area contributed by atoms with Crippen LogP contribution in [0.2, 0.25) is 0 Å². The Morgan fingerprint density at radius 3 is 1.33 bits per heavy atom. The molecule has 0 aromatic carbocycles. The molecule has 0 bridgehead atoms. The van der Waals surface area contributed by atoms with E-state index in [-0.39, 0.29) is 0 Å². The lowest BCUT2D eigenvalue weighted by molar-refractivity contribution is 0.187. The van der Waals surface area contributed by atoms with Gasteiger partial charge in [-0.3, -0.25) is 4.90 Å². The van der Waals surface area contributed by atoms with Crippen LogP contribution in [0.5, 0.6) is 0 Å². The molecule has 4 heterocycles. The van der Waals surface area contributed by atoms with Gasteiger partial charge in [-0.2, -0.15) is 15.0 Å². The Morgan fingerprint density at radius 1 is 0.481 bits per heavy atom. The first-order chi connectivity index (χ1) is 13.4. The second-order valence-corrected chi connectivity index (χ2v) is 8.59. The molecule has 0 N–H and O–H groups in total. The molecule has 3 saturated heterocycles. The summed E-state index contributed by atoms with van der Waals surface area (Å²) in [7, 11) is 0. The summed E-state index contributed by atoms with van der Waals surface area (Å²) in [5.74, 6) is 2.70. The number of aromatic nitrogens is 3. The zero-order chi connectivity index (χ0) is 18.1. The van der Waals surface area contributed by atoms with Crippen molar-refractivity contribution < 1.29 is 0 Å². The van der Waals surface area contributed by atoms with Crippen LogP contribution in [0.15, 0.2) is 0 Å². The summed E-state index contributed by atoms with van der Waals surface area (Å²) in [6.07, 6.45) is 10.6. The lowest BCUT2D eigenvalue weighted by atomic mass is 10.2. The minimum absolute atomic E-state index is 0.825. The standard InChI is InChI=1S/C20H33N7/c1-2-8-17(7-1)24-13-15-27(16-14-24)20-22-18(25-9-3-4-10-25)21-19(23-20)26-11-5-6-12-26/h17H,1-16H2. The fourth-order valence-electron chi connectivity index (χ4n) is 5.16. The largest absolute Gasteiger partial charge is 0.341 e. The van der Waals surface area contributed by atoms with Crippen LogP contribution in [-0.2, 0) is 0 Å². The Labute approximate surface area is 162 Å². The van der Waals surface area contributed by atoms with Gasteiger partial charge in [0.2, 0.25) is 17.8 Å². The van der Waals surface area contributed by atoms with E-state index >= 15 is 0 Å². The summed E-state index contributed by atoms with van der Waals surface area (Å²) in [6.45, 7) is 8.70. The molecule has 148 valence electrons. The van der Waals surface area contributed by atoms with Crippen LogP contribution in [0.1, 0.15) is 51.4 Å². The van der Waals surface area contributed by atoms with Gasteiger partial charge in [0.1, 0.15) is 0 Å². The van der Waals surface area contributed by atoms with E-state index in [1.807, 2.05) is 0 Å². The minimum Gasteiger partial charge on any atom is -0.341 e. The van der Waals surface area contributed by atoms with E-state index < -0.39 is 0 Å². The smallest absolute Gasteiger partial charge is 0.232 e. The first-order valence-electron chi connectivity index (χ1n) is 11.1. The summed E-state index contributed by atoms with van der Waals surface area (Å²) >= 11 is 0. The maximum Gasteiger partial charge on any atom is 0.232 e. The number of hydrogen-bond acceptors (Lipinski definition) is 7. The highest BCUT2D eigenvalue weighted by molar-refractivity contribution is 5.47. The molecule has 0 spiro atoms. The summed E-state index contributed by atoms with van der Waals surface area (Å²) in [5, 5.41) is 0. The molecule has 0 radical (unpaired) electrons. The Balaban J connectivity index is 1.34. The van der Waals surface area contributed by atoms with E-state index in [0.717, 1.165) is 76.2 Å². The molecule has 1 aliphatic carbocycles. The third-order valence-corrected chi connectivity index (χ3v) is 6.82. The van der Waals surface area contributed by atoms with Crippen LogP contribution in [0, 0.1) is 0 Å². The van der Waals surface area contributed by atoms with Crippen LogP contribution in [-0.4, -0.2) is 78.3 Å². The fraction of sp³-hybridized carbons (Fsp3) is 0.850. The maximum absolute atomic E-state index is 4.92. The van der Waals surface area contributed by atoms with Gasteiger partial charge < -0.3 is 14.7 Å². The molecular formula is C20H33N7. The summed E-state index contributed by atoms with van der Waals surface area (Å²) < 4.78 is 0. The van der Waals surface area contributed by atoms with Crippen molar-refractivity contribution in [3.63, 3.8) is 0 Å². The van der Waals surface area contributed by atoms with E-state index in [1.54, 1.807) is 0 Å². The first-order valence-corrected chi connectivity index (χ1v) is 11.1. The molecule has 4 aliphatic rings. The van der Waals surface area contributed by atoms with E-state index in [9.17, 15) is 0 Å². The van der Waals surface area contributed by atoms with Gasteiger partial charge in [-0.1, -0.05) is 12.8 Å². The van der Waals surface area contributed by atoms with Gasteiger partial charge in [-0.25, -0.2) is 0 Å². The van der Waals surface area contributed by atoms with Gasteiger partial charge in [0.05, 0.1) is 0 Å². The van der Waals surface area contributed by atoms with Gasteiger partial charge in [-0.05, 0) is 38.5 Å². The van der Waals surface area contributed by atoms with Crippen LogP contribution in [0.25, 0.3) is 0 Å². The Bertz CT molecular complexity index is 591. The van der Waals surface area contributed by atoms with E-state index in [1.165, 1.54) is 51.4 Å². The van der Waals surface area contributed by atoms with Crippen LogP contribution in [0.4, 0.5) is 17.8 Å². The normalized spacial score (nSPS) is 25.1. The fourth-order valence-corrected chi connectivity index (χ4v) is 5.16. The van der Waals surface area contributed by atoms with Crippen molar-refractivity contribution in [2.24, 2.45) is 0 Å². The maximum atomic E-state index is 4.92. The Kier molecular flexibility index (Phi) is 5.03. The summed E-state index contributed by atoms with van der Waals surface area (Å²) in [5.41, 5.74) is 0. The van der Waals surface area contributed by atoms with E-state index in [4.69, 9.17) is 15.0 Å². The number of anilines is 3. The average molecular weight is 372 g/mol. The minimum atomic E-state index is 0.825. The van der Waals surface area contributed by atoms with Crippen molar-refractivity contribution in [1.29, 1.82) is 0 Å². The van der Waals surface area contributed by atoms with Crippen molar-refractivity contribution in [1.82, 2.24) is 19.9 Å². The van der Waals surface area contributed by atoms with Gasteiger partial charge in [0.15, 0.2) is 0 Å². The molecule has 1 aromatic heterocycles. The van der Waals surface area contributed by atoms with E-state index in [2.05, 4.69) is 19.6 Å². The zero-order valence-corrected chi connectivity index (χ0v) is 16.5. The molecule has 0 atom stereocenters. The lowest BCUT2D eigenvalue weighted by Crippen LogP contribution is -2.50. The zero-order valence-electron chi connectivity index (χ0n) is 16.5. The lowest BCUT2D eigenvalue weighted by Gasteiger charge is -2.38. The molecule has 7 nitrogen and oxygen atoms in total. The SMILES string of the molecule is C1CCC(N2CCN(c3nc(N4CCCC4)nc(N4CCCC4)n3)CC2)C1. The predicted molar refractivity (Wildman–Crippen MR) is 109 cm³/mol. The second-order valence-electron chi connectivity index (χ2n) is 8.59. The van der Waals surface area contributed by atoms with Crippen molar-refractivity contribution in [2.45, 2.75) is 57.4 Å². The number of hydrogen-bond donors (Lipinski definition) is 0. The van der Waals surface area contributed by atoms with Gasteiger partial charge in [0.25, 0.3) is 0 Å². The predicted octanol–water partition coefficient (Wildman–Crippen LogP) is 2.14. The van der Waals surface area contributed by atoms with Crippen LogP contribution >= 0.6 is 0 Å². The van der Waals surface area contributed by atoms with Crippen LogP contribution < -0.4 is 14.7 Å². The Morgan fingerprint density at radius 2 is 0.889 bits per heavy atom. The molecule has 1 saturated carbocycles. The molecule has 5 rings (SSSR count). The van der Waals surface area contributed by atoms with Gasteiger partial charge in [0, 0.05) is 58.4 Å². The quantitative estimate of drug-likeness (QED) is 0.804. The van der Waals surface area contributed by atoms with Crippen molar-refractivity contribution in [2.75, 3.05) is 67.1 Å². The number of rotatable bonds is 4. The van der Waals surface area contributed by atoms with Crippen molar-refractivity contribution in [3.05, 3.63) is 0 Å². The highest BCUT2D eigenvalue weighted by Crippen LogP contribution is 2.27. The average Bonchev–Trinajstić information content (AvgIpc) is 3.51. The molecule has 27 heavy (non-hydrogen) atoms. The Hall–Kier alpha value is -1.63. The molecule has 7 heteroatoms. The van der Waals surface area contributed by atoms with Crippen LogP contribution in [0.3, 0.4) is 0 Å². The number of piperazine rings is 1. The molecule has 0 unspecified atom stereocenters. The second kappa shape index (κ2) is 7.78. The molecule has 0 amide bonds. The molecule has 1 aromatic rings. The van der Waals surface area contributed by atoms with Gasteiger partial charge >= 0.3 is 0 Å². The van der Waals surface area contributed by atoms with Gasteiger partial charge in [-0.15, -0.1) is 0 Å². The first kappa shape index (κ1) is 17.5. The van der Waals surface area contributed by atoms with Crippen molar-refractivity contribution >= 4 is 17.8 Å². The summed E-state index contributed by atoms with van der Waals surface area (Å²) in [4.78, 5) is 24.5. The summed E-state index contributed by atoms with van der Waals surface area (Å²) in [6, 6.07) is 0.825. The van der Waals surface area contributed by atoms with Crippen molar-refractivity contribution in [3.8, 4) is 0 Å².